The third kappa shape index (κ3) is 5.20. The Bertz CT molecular complexity index is 770. The Kier molecular flexibility index (Phi) is 5.98. The summed E-state index contributed by atoms with van der Waals surface area (Å²) < 4.78 is 25.5. The summed E-state index contributed by atoms with van der Waals surface area (Å²) in [6, 6.07) is 16.1. The molecule has 0 saturated carbocycles. The van der Waals surface area contributed by atoms with E-state index in [2.05, 4.69) is 26.2 Å². The molecule has 0 radical (unpaired) electrons. The molecule has 0 bridgehead atoms. The number of halogens is 1. The third-order valence-electron chi connectivity index (χ3n) is 3.03. The molecule has 2 aromatic rings. The molecule has 0 fully saturated rings. The molecule has 2 N–H and O–H groups in total. The van der Waals surface area contributed by atoms with Crippen molar-refractivity contribution in [1.82, 2.24) is 10.3 Å². The fourth-order valence-electron chi connectivity index (χ4n) is 1.96. The minimum absolute atomic E-state index is 0.199. The van der Waals surface area contributed by atoms with Crippen LogP contribution >= 0.6 is 15.9 Å². The second kappa shape index (κ2) is 7.77. The van der Waals surface area contributed by atoms with Gasteiger partial charge < -0.3 is 5.43 Å². The van der Waals surface area contributed by atoms with Crippen LogP contribution in [0.3, 0.4) is 0 Å². The van der Waals surface area contributed by atoms with Gasteiger partial charge in [-0.05, 0) is 35.7 Å². The summed E-state index contributed by atoms with van der Waals surface area (Å²) in [5, 5.41) is 0. The number of hydrogen-bond acceptors (Lipinski definition) is 3. The van der Waals surface area contributed by atoms with Gasteiger partial charge in [-0.25, -0.2) is 8.42 Å². The maximum Gasteiger partial charge on any atom is 0.257 e. The van der Waals surface area contributed by atoms with Crippen molar-refractivity contribution in [3.05, 3.63) is 70.7 Å². The molecule has 122 valence electrons. The number of sulfonamides is 1. The summed E-state index contributed by atoms with van der Waals surface area (Å²) >= 11 is 3.29. The van der Waals surface area contributed by atoms with Crippen molar-refractivity contribution < 1.29 is 8.42 Å². The van der Waals surface area contributed by atoms with Crippen LogP contribution in [0.15, 0.2) is 70.0 Å². The van der Waals surface area contributed by atoms with E-state index in [4.69, 9.17) is 0 Å². The molecule has 0 aliphatic carbocycles. The van der Waals surface area contributed by atoms with Gasteiger partial charge in [-0.2, -0.15) is 0 Å². The zero-order valence-corrected chi connectivity index (χ0v) is 15.4. The van der Waals surface area contributed by atoms with Gasteiger partial charge in [0.05, 0.1) is 10.6 Å². The minimum atomic E-state index is -3.64. The first-order valence-electron chi connectivity index (χ1n) is 7.19. The average Bonchev–Trinajstić information content (AvgIpc) is 2.52. The molecule has 0 aliphatic rings. The smallest absolute Gasteiger partial charge is 0.257 e. The van der Waals surface area contributed by atoms with E-state index < -0.39 is 10.0 Å². The number of allylic oxidation sites excluding steroid dienone is 1. The second-order valence-electron chi connectivity index (χ2n) is 5.37. The topological polar surface area (TPSA) is 58.2 Å². The maximum absolute atomic E-state index is 12.3. The Morgan fingerprint density at radius 3 is 2.22 bits per heavy atom. The van der Waals surface area contributed by atoms with Gasteiger partial charge in [0.1, 0.15) is 0 Å². The van der Waals surface area contributed by atoms with E-state index in [0.717, 1.165) is 15.7 Å². The molecule has 0 amide bonds. The molecule has 0 saturated heterocycles. The standard InChI is InChI=1S/C17H19BrN2O2S/c1-13(2)12-17(14-6-4-3-5-7-14)19-20-23(21,22)16-10-8-15(18)9-11-16/h3-13,19-20H,1-2H3. The molecular formula is C17H19BrN2O2S. The lowest BCUT2D eigenvalue weighted by Gasteiger charge is -2.14. The van der Waals surface area contributed by atoms with E-state index in [1.54, 1.807) is 24.3 Å². The summed E-state index contributed by atoms with van der Waals surface area (Å²) in [4.78, 5) is 2.64. The summed E-state index contributed by atoms with van der Waals surface area (Å²) in [7, 11) is -3.64. The Balaban J connectivity index is 2.20. The Morgan fingerprint density at radius 2 is 1.65 bits per heavy atom. The van der Waals surface area contributed by atoms with E-state index in [1.165, 1.54) is 0 Å². The Morgan fingerprint density at radius 1 is 1.04 bits per heavy atom. The molecule has 23 heavy (non-hydrogen) atoms. The quantitative estimate of drug-likeness (QED) is 0.729. The zero-order chi connectivity index (χ0) is 16.9. The first-order chi connectivity index (χ1) is 10.9. The summed E-state index contributed by atoms with van der Waals surface area (Å²) in [6.07, 6.45) is 1.97. The number of hydrogen-bond donors (Lipinski definition) is 2. The molecule has 0 aliphatic heterocycles. The van der Waals surface area contributed by atoms with E-state index in [0.29, 0.717) is 0 Å². The zero-order valence-electron chi connectivity index (χ0n) is 13.0. The van der Waals surface area contributed by atoms with E-state index >= 15 is 0 Å². The normalized spacial score (nSPS) is 12.4. The first kappa shape index (κ1) is 17.7. The van der Waals surface area contributed by atoms with Crippen molar-refractivity contribution in [3.8, 4) is 0 Å². The van der Waals surface area contributed by atoms with Crippen molar-refractivity contribution in [2.45, 2.75) is 18.7 Å². The number of rotatable bonds is 6. The molecule has 6 heteroatoms. The molecule has 0 aromatic heterocycles. The lowest BCUT2D eigenvalue weighted by Crippen LogP contribution is -2.36. The van der Waals surface area contributed by atoms with Gasteiger partial charge in [-0.3, -0.25) is 0 Å². The molecule has 0 heterocycles. The second-order valence-corrected chi connectivity index (χ2v) is 7.97. The minimum Gasteiger partial charge on any atom is -0.308 e. The SMILES string of the molecule is CC(C)C=C(NNS(=O)(=O)c1ccc(Br)cc1)c1ccccc1. The predicted octanol–water partition coefficient (Wildman–Crippen LogP) is 3.93. The Hall–Kier alpha value is -1.63. The average molecular weight is 395 g/mol. The summed E-state index contributed by atoms with van der Waals surface area (Å²) in [6.45, 7) is 4.07. The van der Waals surface area contributed by atoms with Crippen molar-refractivity contribution in [2.24, 2.45) is 5.92 Å². The highest BCUT2D eigenvalue weighted by molar-refractivity contribution is 9.10. The van der Waals surface area contributed by atoms with Crippen LogP contribution in [-0.4, -0.2) is 8.42 Å². The highest BCUT2D eigenvalue weighted by atomic mass is 79.9. The van der Waals surface area contributed by atoms with E-state index in [9.17, 15) is 8.42 Å². The first-order valence-corrected chi connectivity index (χ1v) is 9.47. The van der Waals surface area contributed by atoms with Gasteiger partial charge in [-0.1, -0.05) is 66.2 Å². The molecule has 4 nitrogen and oxygen atoms in total. The van der Waals surface area contributed by atoms with Crippen LogP contribution in [0.5, 0.6) is 0 Å². The maximum atomic E-state index is 12.3. The van der Waals surface area contributed by atoms with E-state index in [1.807, 2.05) is 50.3 Å². The number of hydrazine groups is 1. The van der Waals surface area contributed by atoms with Crippen LogP contribution in [0.1, 0.15) is 19.4 Å². The lowest BCUT2D eigenvalue weighted by molar-refractivity contribution is 0.575. The van der Waals surface area contributed by atoms with E-state index in [-0.39, 0.29) is 10.8 Å². The molecular weight excluding hydrogens is 376 g/mol. The third-order valence-corrected chi connectivity index (χ3v) is 4.82. The van der Waals surface area contributed by atoms with Crippen LogP contribution < -0.4 is 10.3 Å². The monoisotopic (exact) mass is 394 g/mol. The van der Waals surface area contributed by atoms with Gasteiger partial charge in [-0.15, -0.1) is 4.83 Å². The van der Waals surface area contributed by atoms with Crippen molar-refractivity contribution >= 4 is 31.7 Å². The fourth-order valence-corrected chi connectivity index (χ4v) is 3.08. The fraction of sp³-hybridized carbons (Fsp3) is 0.176. The molecule has 2 rings (SSSR count). The van der Waals surface area contributed by atoms with Gasteiger partial charge in [0, 0.05) is 4.47 Å². The predicted molar refractivity (Wildman–Crippen MR) is 96.9 cm³/mol. The summed E-state index contributed by atoms with van der Waals surface area (Å²) in [5.74, 6) is 0.273. The molecule has 0 atom stereocenters. The van der Waals surface area contributed by atoms with Crippen molar-refractivity contribution in [2.75, 3.05) is 0 Å². The van der Waals surface area contributed by atoms with Crippen LogP contribution in [0.25, 0.3) is 5.70 Å². The van der Waals surface area contributed by atoms with Crippen LogP contribution in [0.4, 0.5) is 0 Å². The summed E-state index contributed by atoms with van der Waals surface area (Å²) in [5.41, 5.74) is 4.47. The number of nitrogens with one attached hydrogen (secondary N) is 2. The molecule has 2 aromatic carbocycles. The lowest BCUT2D eigenvalue weighted by atomic mass is 10.1. The van der Waals surface area contributed by atoms with Crippen molar-refractivity contribution in [1.29, 1.82) is 0 Å². The Labute approximate surface area is 145 Å². The highest BCUT2D eigenvalue weighted by Crippen LogP contribution is 2.16. The van der Waals surface area contributed by atoms with Gasteiger partial charge >= 0.3 is 0 Å². The number of benzene rings is 2. The highest BCUT2D eigenvalue weighted by Gasteiger charge is 2.14. The largest absolute Gasteiger partial charge is 0.308 e. The van der Waals surface area contributed by atoms with Crippen molar-refractivity contribution in [3.63, 3.8) is 0 Å². The van der Waals surface area contributed by atoms with Gasteiger partial charge in [0.25, 0.3) is 10.0 Å². The van der Waals surface area contributed by atoms with Gasteiger partial charge in [0.2, 0.25) is 0 Å². The molecule has 0 spiro atoms. The molecule has 0 unspecified atom stereocenters. The van der Waals surface area contributed by atoms with Crippen LogP contribution in [0, 0.1) is 5.92 Å². The van der Waals surface area contributed by atoms with Crippen LogP contribution in [-0.2, 0) is 10.0 Å². The van der Waals surface area contributed by atoms with Gasteiger partial charge in [0.15, 0.2) is 0 Å². The van der Waals surface area contributed by atoms with Crippen LogP contribution in [0.2, 0.25) is 0 Å².